The van der Waals surface area contributed by atoms with E-state index in [0.717, 1.165) is 10.2 Å². The van der Waals surface area contributed by atoms with Gasteiger partial charge in [-0.25, -0.2) is 0 Å². The highest BCUT2D eigenvalue weighted by Crippen LogP contribution is 2.18. The maximum Gasteiger partial charge on any atom is 0.251 e. The molecule has 0 saturated carbocycles. The molecule has 0 saturated heterocycles. The summed E-state index contributed by atoms with van der Waals surface area (Å²) in [5.74, 6) is 1.11. The van der Waals surface area contributed by atoms with Gasteiger partial charge in [0.2, 0.25) is 5.91 Å². The van der Waals surface area contributed by atoms with Gasteiger partial charge in [0.1, 0.15) is 5.75 Å². The Balaban J connectivity index is 1.50. The van der Waals surface area contributed by atoms with E-state index < -0.39 is 0 Å². The molecule has 0 aliphatic rings. The standard InChI is InChI=1S/C20H20BrN5O3S/c1-26-17(11-22-19(28)13-3-9-16(29-2)10-4-13)24-25-20(26)30-12-18(27)23-15-7-5-14(21)6-8-15/h3-10H,11-12H2,1-2H3,(H,22,28)(H,23,27). The summed E-state index contributed by atoms with van der Waals surface area (Å²) in [5.41, 5.74) is 1.25. The number of hydrogen-bond donors (Lipinski definition) is 2. The van der Waals surface area contributed by atoms with Crippen molar-refractivity contribution >= 4 is 45.2 Å². The lowest BCUT2D eigenvalue weighted by Crippen LogP contribution is -2.24. The van der Waals surface area contributed by atoms with E-state index >= 15 is 0 Å². The number of nitrogens with zero attached hydrogens (tertiary/aromatic N) is 3. The van der Waals surface area contributed by atoms with E-state index in [-0.39, 0.29) is 24.1 Å². The van der Waals surface area contributed by atoms with E-state index in [1.54, 1.807) is 43.0 Å². The molecular formula is C20H20BrN5O3S. The molecule has 2 N–H and O–H groups in total. The van der Waals surface area contributed by atoms with Crippen LogP contribution in [0.4, 0.5) is 5.69 Å². The van der Waals surface area contributed by atoms with Gasteiger partial charge in [-0.1, -0.05) is 27.7 Å². The van der Waals surface area contributed by atoms with Crippen molar-refractivity contribution in [2.75, 3.05) is 18.2 Å². The maximum absolute atomic E-state index is 12.3. The Bertz CT molecular complexity index is 1020. The summed E-state index contributed by atoms with van der Waals surface area (Å²) < 4.78 is 7.79. The van der Waals surface area contributed by atoms with E-state index in [9.17, 15) is 9.59 Å². The second kappa shape index (κ2) is 10.3. The van der Waals surface area contributed by atoms with Gasteiger partial charge in [-0.2, -0.15) is 0 Å². The van der Waals surface area contributed by atoms with E-state index in [2.05, 4.69) is 36.8 Å². The van der Waals surface area contributed by atoms with Crippen molar-refractivity contribution < 1.29 is 14.3 Å². The van der Waals surface area contributed by atoms with Crippen LogP contribution in [-0.2, 0) is 18.4 Å². The van der Waals surface area contributed by atoms with Gasteiger partial charge in [0.25, 0.3) is 5.91 Å². The smallest absolute Gasteiger partial charge is 0.251 e. The van der Waals surface area contributed by atoms with Crippen LogP contribution in [0.1, 0.15) is 16.2 Å². The molecule has 10 heteroatoms. The SMILES string of the molecule is COc1ccc(C(=O)NCc2nnc(SCC(=O)Nc3ccc(Br)cc3)n2C)cc1. The molecule has 1 aromatic heterocycles. The molecule has 0 radical (unpaired) electrons. The average Bonchev–Trinajstić information content (AvgIpc) is 3.11. The topological polar surface area (TPSA) is 98.1 Å². The van der Waals surface area contributed by atoms with Crippen molar-refractivity contribution in [2.24, 2.45) is 7.05 Å². The third kappa shape index (κ3) is 5.83. The molecule has 0 fully saturated rings. The Labute approximate surface area is 186 Å². The number of nitrogens with one attached hydrogen (secondary N) is 2. The van der Waals surface area contributed by atoms with Crippen molar-refractivity contribution in [1.29, 1.82) is 0 Å². The van der Waals surface area contributed by atoms with E-state index in [1.807, 2.05) is 24.3 Å². The quantitative estimate of drug-likeness (QED) is 0.471. The number of anilines is 1. The van der Waals surface area contributed by atoms with Crippen molar-refractivity contribution in [3.8, 4) is 5.75 Å². The molecule has 2 amide bonds. The number of rotatable bonds is 8. The Hall–Kier alpha value is -2.85. The molecule has 3 aromatic rings. The number of aromatic nitrogens is 3. The fourth-order valence-electron chi connectivity index (χ4n) is 2.49. The summed E-state index contributed by atoms with van der Waals surface area (Å²) in [6, 6.07) is 14.2. The van der Waals surface area contributed by atoms with Crippen molar-refractivity contribution in [2.45, 2.75) is 11.7 Å². The largest absolute Gasteiger partial charge is 0.497 e. The van der Waals surface area contributed by atoms with Crippen LogP contribution in [-0.4, -0.2) is 39.4 Å². The monoisotopic (exact) mass is 489 g/mol. The summed E-state index contributed by atoms with van der Waals surface area (Å²) in [4.78, 5) is 24.4. The minimum Gasteiger partial charge on any atom is -0.497 e. The zero-order valence-electron chi connectivity index (χ0n) is 16.4. The van der Waals surface area contributed by atoms with Gasteiger partial charge in [0.05, 0.1) is 19.4 Å². The first-order chi connectivity index (χ1) is 14.5. The fraction of sp³-hybridized carbons (Fsp3) is 0.200. The van der Waals surface area contributed by atoms with Gasteiger partial charge >= 0.3 is 0 Å². The van der Waals surface area contributed by atoms with Crippen molar-refractivity contribution in [3.05, 3.63) is 64.4 Å². The Morgan fingerprint density at radius 1 is 1.10 bits per heavy atom. The van der Waals surface area contributed by atoms with Gasteiger partial charge < -0.3 is 19.9 Å². The molecule has 0 unspecified atom stereocenters. The number of amides is 2. The Morgan fingerprint density at radius 2 is 1.80 bits per heavy atom. The van der Waals surface area contributed by atoms with E-state index in [4.69, 9.17) is 4.74 Å². The molecule has 0 bridgehead atoms. The molecule has 156 valence electrons. The minimum atomic E-state index is -0.219. The summed E-state index contributed by atoms with van der Waals surface area (Å²) in [5, 5.41) is 14.4. The number of thioether (sulfide) groups is 1. The molecule has 2 aromatic carbocycles. The second-order valence-corrected chi connectivity index (χ2v) is 8.07. The fourth-order valence-corrected chi connectivity index (χ4v) is 3.48. The second-order valence-electron chi connectivity index (χ2n) is 6.21. The lowest BCUT2D eigenvalue weighted by Gasteiger charge is -2.07. The molecule has 1 heterocycles. The van der Waals surface area contributed by atoms with Crippen molar-refractivity contribution in [3.63, 3.8) is 0 Å². The molecule has 3 rings (SSSR count). The van der Waals surface area contributed by atoms with Gasteiger partial charge in [-0.05, 0) is 48.5 Å². The first-order valence-corrected chi connectivity index (χ1v) is 10.7. The van der Waals surface area contributed by atoms with Crippen molar-refractivity contribution in [1.82, 2.24) is 20.1 Å². The molecule has 0 aliphatic carbocycles. The molecular weight excluding hydrogens is 470 g/mol. The van der Waals surface area contributed by atoms with Crippen LogP contribution in [0.5, 0.6) is 5.75 Å². The summed E-state index contributed by atoms with van der Waals surface area (Å²) in [7, 11) is 3.37. The van der Waals surface area contributed by atoms with Gasteiger partial charge in [-0.15, -0.1) is 10.2 Å². The molecule has 0 atom stereocenters. The number of carbonyl (C=O) groups excluding carboxylic acids is 2. The summed E-state index contributed by atoms with van der Waals surface area (Å²) >= 11 is 4.63. The van der Waals surface area contributed by atoms with E-state index in [1.165, 1.54) is 11.8 Å². The first kappa shape index (κ1) is 21.8. The van der Waals surface area contributed by atoms with Crippen LogP contribution >= 0.6 is 27.7 Å². The normalized spacial score (nSPS) is 10.5. The molecule has 30 heavy (non-hydrogen) atoms. The lowest BCUT2D eigenvalue weighted by atomic mass is 10.2. The highest BCUT2D eigenvalue weighted by atomic mass is 79.9. The zero-order valence-corrected chi connectivity index (χ0v) is 18.8. The Morgan fingerprint density at radius 3 is 2.47 bits per heavy atom. The van der Waals surface area contributed by atoms with Gasteiger partial charge in [-0.3, -0.25) is 9.59 Å². The zero-order chi connectivity index (χ0) is 21.5. The van der Waals surface area contributed by atoms with Crippen LogP contribution in [0.15, 0.2) is 58.2 Å². The minimum absolute atomic E-state index is 0.139. The predicted molar refractivity (Wildman–Crippen MR) is 119 cm³/mol. The van der Waals surface area contributed by atoms with Crippen LogP contribution in [0.3, 0.4) is 0 Å². The predicted octanol–water partition coefficient (Wildman–Crippen LogP) is 3.25. The highest BCUT2D eigenvalue weighted by molar-refractivity contribution is 9.10. The summed E-state index contributed by atoms with van der Waals surface area (Å²) in [6.45, 7) is 0.222. The maximum atomic E-state index is 12.3. The van der Waals surface area contributed by atoms with Gasteiger partial charge in [0.15, 0.2) is 11.0 Å². The summed E-state index contributed by atoms with van der Waals surface area (Å²) in [6.07, 6.45) is 0. The lowest BCUT2D eigenvalue weighted by molar-refractivity contribution is -0.113. The van der Waals surface area contributed by atoms with Crippen LogP contribution in [0, 0.1) is 0 Å². The van der Waals surface area contributed by atoms with Crippen LogP contribution < -0.4 is 15.4 Å². The molecule has 0 aliphatic heterocycles. The van der Waals surface area contributed by atoms with E-state index in [0.29, 0.717) is 22.3 Å². The molecule has 0 spiro atoms. The number of hydrogen-bond acceptors (Lipinski definition) is 6. The van der Waals surface area contributed by atoms with Crippen LogP contribution in [0.25, 0.3) is 0 Å². The first-order valence-electron chi connectivity index (χ1n) is 8.95. The number of methoxy groups -OCH3 is 1. The number of halogens is 1. The number of carbonyl (C=O) groups is 2. The number of benzene rings is 2. The van der Waals surface area contributed by atoms with Gasteiger partial charge in [0, 0.05) is 22.8 Å². The third-order valence-electron chi connectivity index (χ3n) is 4.14. The Kier molecular flexibility index (Phi) is 7.47. The highest BCUT2D eigenvalue weighted by Gasteiger charge is 2.13. The van der Waals surface area contributed by atoms with Crippen LogP contribution in [0.2, 0.25) is 0 Å². The molecule has 8 nitrogen and oxygen atoms in total. The number of ether oxygens (including phenoxy) is 1. The third-order valence-corrected chi connectivity index (χ3v) is 5.69. The average molecular weight is 490 g/mol.